The molecule has 0 aliphatic carbocycles. The smallest absolute Gasteiger partial charge is 0.416 e. The van der Waals surface area contributed by atoms with Crippen LogP contribution < -0.4 is 14.9 Å². The van der Waals surface area contributed by atoms with E-state index in [9.17, 15) is 18.0 Å². The molecule has 0 unspecified atom stereocenters. The van der Waals surface area contributed by atoms with Crippen LogP contribution in [0.1, 0.15) is 41.8 Å². The molecule has 0 fully saturated rings. The first-order chi connectivity index (χ1) is 13.7. The highest BCUT2D eigenvalue weighted by Crippen LogP contribution is 2.37. The van der Waals surface area contributed by atoms with Gasteiger partial charge in [0.2, 0.25) is 0 Å². The third-order valence-electron chi connectivity index (χ3n) is 3.98. The Kier molecular flexibility index (Phi) is 7.66. The summed E-state index contributed by atoms with van der Waals surface area (Å²) in [6.07, 6.45) is -2.36. The number of hydrazone groups is 1. The minimum Gasteiger partial charge on any atom is -0.493 e. The highest BCUT2D eigenvalue weighted by atomic mass is 79.9. The average molecular weight is 473 g/mol. The summed E-state index contributed by atoms with van der Waals surface area (Å²) in [6.45, 7) is 3.93. The highest BCUT2D eigenvalue weighted by molar-refractivity contribution is 9.10. The fourth-order valence-corrected chi connectivity index (χ4v) is 2.83. The maximum atomic E-state index is 12.8. The van der Waals surface area contributed by atoms with Crippen LogP contribution in [0.25, 0.3) is 0 Å². The van der Waals surface area contributed by atoms with Crippen molar-refractivity contribution in [2.45, 2.75) is 32.5 Å². The summed E-state index contributed by atoms with van der Waals surface area (Å²) in [4.78, 5) is 12.1. The first-order valence-electron chi connectivity index (χ1n) is 8.70. The van der Waals surface area contributed by atoms with Crippen LogP contribution in [-0.4, -0.2) is 25.3 Å². The Morgan fingerprint density at radius 1 is 1.31 bits per heavy atom. The first kappa shape index (κ1) is 22.7. The molecule has 0 radical (unpaired) electrons. The van der Waals surface area contributed by atoms with Crippen molar-refractivity contribution in [3.8, 4) is 11.5 Å². The van der Waals surface area contributed by atoms with Gasteiger partial charge in [0.1, 0.15) is 0 Å². The largest absolute Gasteiger partial charge is 0.493 e. The van der Waals surface area contributed by atoms with Crippen molar-refractivity contribution in [2.75, 3.05) is 7.11 Å². The van der Waals surface area contributed by atoms with E-state index in [1.54, 1.807) is 12.1 Å². The number of ether oxygens (including phenoxy) is 2. The molecule has 2 aromatic carbocycles. The molecule has 5 nitrogen and oxygen atoms in total. The minimum absolute atomic E-state index is 0.00790. The van der Waals surface area contributed by atoms with Crippen LogP contribution in [-0.2, 0) is 6.18 Å². The molecule has 156 valence electrons. The summed E-state index contributed by atoms with van der Waals surface area (Å²) in [6, 6.07) is 7.50. The molecule has 0 aliphatic heterocycles. The van der Waals surface area contributed by atoms with Crippen molar-refractivity contribution >= 4 is 28.1 Å². The van der Waals surface area contributed by atoms with Crippen LogP contribution in [0.3, 0.4) is 0 Å². The van der Waals surface area contributed by atoms with E-state index in [4.69, 9.17) is 9.47 Å². The number of benzene rings is 2. The van der Waals surface area contributed by atoms with E-state index in [1.807, 2.05) is 13.8 Å². The van der Waals surface area contributed by atoms with E-state index in [-0.39, 0.29) is 11.7 Å². The van der Waals surface area contributed by atoms with E-state index in [0.29, 0.717) is 21.5 Å². The molecule has 1 amide bonds. The van der Waals surface area contributed by atoms with Crippen LogP contribution in [0.4, 0.5) is 13.2 Å². The number of methoxy groups -OCH3 is 1. The lowest BCUT2D eigenvalue weighted by molar-refractivity contribution is -0.137. The number of carbonyl (C=O) groups is 1. The lowest BCUT2D eigenvalue weighted by Crippen LogP contribution is -2.18. The van der Waals surface area contributed by atoms with Crippen LogP contribution in [0.5, 0.6) is 11.5 Å². The second-order valence-electron chi connectivity index (χ2n) is 6.15. The summed E-state index contributed by atoms with van der Waals surface area (Å²) in [5, 5.41) is 3.81. The maximum Gasteiger partial charge on any atom is 0.416 e. The second-order valence-corrected chi connectivity index (χ2v) is 7.00. The standard InChI is InChI=1S/C20H20BrF3N2O3/c1-4-12(2)29-18-16(21)8-13(9-17(18)28-3)11-25-26-19(27)14-6-5-7-15(10-14)20(22,23)24/h5-12H,4H2,1-3H3,(H,26,27)/b25-11-/t12-/m0/s1. The SMILES string of the molecule is CC[C@H](C)Oc1c(Br)cc(/C=N\NC(=O)c2cccc(C(F)(F)F)c2)cc1OC. The number of amides is 1. The molecule has 2 rings (SSSR count). The molecule has 0 aromatic heterocycles. The maximum absolute atomic E-state index is 12.8. The van der Waals surface area contributed by atoms with Gasteiger partial charge >= 0.3 is 6.18 Å². The zero-order valence-electron chi connectivity index (χ0n) is 16.0. The molecule has 2 aromatic rings. The molecule has 0 heterocycles. The summed E-state index contributed by atoms with van der Waals surface area (Å²) >= 11 is 3.42. The molecule has 0 bridgehead atoms. The average Bonchev–Trinajstić information content (AvgIpc) is 2.68. The molecule has 0 aliphatic rings. The Labute approximate surface area is 175 Å². The zero-order valence-corrected chi connectivity index (χ0v) is 17.6. The van der Waals surface area contributed by atoms with Crippen molar-refractivity contribution in [2.24, 2.45) is 5.10 Å². The molecule has 9 heteroatoms. The summed E-state index contributed by atoms with van der Waals surface area (Å²) in [5.41, 5.74) is 1.76. The third kappa shape index (κ3) is 6.22. The van der Waals surface area contributed by atoms with Crippen molar-refractivity contribution in [3.05, 3.63) is 57.6 Å². The quantitative estimate of drug-likeness (QED) is 0.432. The van der Waals surface area contributed by atoms with Crippen LogP contribution >= 0.6 is 15.9 Å². The lowest BCUT2D eigenvalue weighted by atomic mass is 10.1. The number of nitrogens with one attached hydrogen (secondary N) is 1. The Balaban J connectivity index is 2.14. The van der Waals surface area contributed by atoms with E-state index in [1.165, 1.54) is 25.5 Å². The van der Waals surface area contributed by atoms with Crippen molar-refractivity contribution in [3.63, 3.8) is 0 Å². The molecular weight excluding hydrogens is 453 g/mol. The molecule has 29 heavy (non-hydrogen) atoms. The monoisotopic (exact) mass is 472 g/mol. The number of rotatable bonds is 7. The van der Waals surface area contributed by atoms with E-state index < -0.39 is 17.6 Å². The fourth-order valence-electron chi connectivity index (χ4n) is 2.28. The Bertz CT molecular complexity index is 901. The van der Waals surface area contributed by atoms with Gasteiger partial charge in [-0.15, -0.1) is 0 Å². The normalized spacial score (nSPS) is 12.7. The second kappa shape index (κ2) is 9.78. The van der Waals surface area contributed by atoms with Crippen molar-refractivity contribution in [1.82, 2.24) is 5.43 Å². The van der Waals surface area contributed by atoms with E-state index in [0.717, 1.165) is 18.6 Å². The van der Waals surface area contributed by atoms with Crippen molar-refractivity contribution in [1.29, 1.82) is 0 Å². The fraction of sp³-hybridized carbons (Fsp3) is 0.300. The van der Waals surface area contributed by atoms with E-state index in [2.05, 4.69) is 26.5 Å². The summed E-state index contributed by atoms with van der Waals surface area (Å²) in [7, 11) is 1.50. The molecule has 1 N–H and O–H groups in total. The summed E-state index contributed by atoms with van der Waals surface area (Å²) < 4.78 is 50.1. The molecule has 0 saturated heterocycles. The Hall–Kier alpha value is -2.55. The minimum atomic E-state index is -4.53. The first-order valence-corrected chi connectivity index (χ1v) is 9.49. The van der Waals surface area contributed by atoms with Gasteiger partial charge in [-0.2, -0.15) is 18.3 Å². The number of nitrogens with zero attached hydrogens (tertiary/aromatic N) is 1. The number of hydrogen-bond acceptors (Lipinski definition) is 4. The Morgan fingerprint density at radius 2 is 2.03 bits per heavy atom. The van der Waals surface area contributed by atoms with Gasteiger partial charge in [-0.05, 0) is 65.2 Å². The van der Waals surface area contributed by atoms with Gasteiger partial charge in [0, 0.05) is 5.56 Å². The number of hydrogen-bond donors (Lipinski definition) is 1. The van der Waals surface area contributed by atoms with Gasteiger partial charge in [0.15, 0.2) is 11.5 Å². The molecule has 0 saturated carbocycles. The topological polar surface area (TPSA) is 59.9 Å². The molecule has 1 atom stereocenters. The van der Waals surface area contributed by atoms with Crippen LogP contribution in [0.15, 0.2) is 46.0 Å². The predicted molar refractivity (Wildman–Crippen MR) is 108 cm³/mol. The van der Waals surface area contributed by atoms with Gasteiger partial charge in [0.25, 0.3) is 5.91 Å². The van der Waals surface area contributed by atoms with Crippen molar-refractivity contribution < 1.29 is 27.4 Å². The third-order valence-corrected chi connectivity index (χ3v) is 4.57. The number of alkyl halides is 3. The van der Waals surface area contributed by atoms with Crippen LogP contribution in [0.2, 0.25) is 0 Å². The van der Waals surface area contributed by atoms with Gasteiger partial charge in [-0.25, -0.2) is 5.43 Å². The predicted octanol–water partition coefficient (Wildman–Crippen LogP) is 5.42. The number of carbonyl (C=O) groups excluding carboxylic acids is 1. The van der Waals surface area contributed by atoms with E-state index >= 15 is 0 Å². The Morgan fingerprint density at radius 3 is 2.66 bits per heavy atom. The lowest BCUT2D eigenvalue weighted by Gasteiger charge is -2.17. The highest BCUT2D eigenvalue weighted by Gasteiger charge is 2.30. The zero-order chi connectivity index (χ0) is 21.6. The van der Waals surface area contributed by atoms with Gasteiger partial charge in [-0.3, -0.25) is 4.79 Å². The van der Waals surface area contributed by atoms with Crippen LogP contribution in [0, 0.1) is 0 Å². The number of halogens is 4. The van der Waals surface area contributed by atoms with Gasteiger partial charge in [-0.1, -0.05) is 13.0 Å². The van der Waals surface area contributed by atoms with Gasteiger partial charge < -0.3 is 9.47 Å². The summed E-state index contributed by atoms with van der Waals surface area (Å²) in [5.74, 6) is 0.271. The molecular formula is C20H20BrF3N2O3. The van der Waals surface area contributed by atoms with Gasteiger partial charge in [0.05, 0.1) is 29.5 Å². The molecule has 0 spiro atoms.